The summed E-state index contributed by atoms with van der Waals surface area (Å²) in [5.74, 6) is 1.63. The Bertz CT molecular complexity index is 1820. The van der Waals surface area contributed by atoms with Crippen molar-refractivity contribution in [1.82, 2.24) is 9.97 Å². The van der Waals surface area contributed by atoms with E-state index in [1.165, 1.54) is 16.7 Å². The van der Waals surface area contributed by atoms with Crippen molar-refractivity contribution in [3.8, 4) is 11.3 Å². The topological polar surface area (TPSA) is 75.2 Å². The Morgan fingerprint density at radius 1 is 0.905 bits per heavy atom. The molecule has 0 amide bonds. The third kappa shape index (κ3) is 4.32. The van der Waals surface area contributed by atoms with Crippen LogP contribution in [0.15, 0.2) is 71.6 Å². The van der Waals surface area contributed by atoms with E-state index >= 15 is 0 Å². The molecule has 3 aliphatic rings. The molecule has 3 heterocycles. The molecule has 1 fully saturated rings. The van der Waals surface area contributed by atoms with E-state index in [0.717, 1.165) is 46.7 Å². The van der Waals surface area contributed by atoms with E-state index in [2.05, 4.69) is 93.6 Å². The summed E-state index contributed by atoms with van der Waals surface area (Å²) >= 11 is 0. The van der Waals surface area contributed by atoms with Gasteiger partial charge < -0.3 is 4.90 Å². The molecule has 6 nitrogen and oxygen atoms in total. The Balaban J connectivity index is 1.52. The average Bonchev–Trinajstić information content (AvgIpc) is 3.28. The first-order chi connectivity index (χ1) is 19.9. The first kappa shape index (κ1) is 27.1. The molecule has 0 radical (unpaired) electrons. The van der Waals surface area contributed by atoms with Crippen LogP contribution in [0.4, 0.5) is 11.8 Å². The van der Waals surface area contributed by atoms with Crippen molar-refractivity contribution in [3.63, 3.8) is 0 Å². The molecule has 1 saturated carbocycles. The van der Waals surface area contributed by atoms with Gasteiger partial charge in [-0.2, -0.15) is 4.98 Å². The smallest absolute Gasteiger partial charge is 0.264 e. The second kappa shape index (κ2) is 9.40. The number of aryl methyl sites for hydroxylation is 2. The fourth-order valence-electron chi connectivity index (χ4n) is 7.65. The summed E-state index contributed by atoms with van der Waals surface area (Å²) < 4.78 is 30.2. The number of fused-ring (bicyclic) bond motifs is 7. The van der Waals surface area contributed by atoms with E-state index in [1.807, 2.05) is 18.2 Å². The summed E-state index contributed by atoms with van der Waals surface area (Å²) in [6.45, 7) is 14.0. The molecule has 0 spiro atoms. The maximum absolute atomic E-state index is 13.7. The standard InChI is InChI=1S/C35H38N4O2S/c1-20-9-7-10-21(2)31(20)28-18-30-37-34(36-28)38-42(40,41)26-12-8-11-23(17-26)32-22(3)15-29-33(32)27-14-13-25(35(4,5)6)16-24(27)19-39(29)30/h7-14,16-18,22,29,32-33H,15,19H2,1-6H3,(H,36,37,38)/t22?,29-,32?,33+/m1/s1. The predicted octanol–water partition coefficient (Wildman–Crippen LogP) is 7.47. The van der Waals surface area contributed by atoms with Gasteiger partial charge in [0.05, 0.1) is 10.6 Å². The van der Waals surface area contributed by atoms with Gasteiger partial charge in [-0.25, -0.2) is 18.1 Å². The number of benzene rings is 3. The van der Waals surface area contributed by atoms with E-state index in [0.29, 0.717) is 5.92 Å². The largest absolute Gasteiger partial charge is 0.348 e. The Labute approximate surface area is 249 Å². The number of nitrogens with zero attached hydrogens (tertiary/aromatic N) is 3. The maximum Gasteiger partial charge on any atom is 0.264 e. The SMILES string of the molecule is Cc1cccc(C)c1-c1cc2nc(n1)NS(=O)(=O)c1cccc(c1)C1C(C)C[C@@H]3[C@@H]1c1ccc(C(C)(C)C)cc1CN23. The van der Waals surface area contributed by atoms with Crippen LogP contribution in [-0.4, -0.2) is 24.4 Å². The highest BCUT2D eigenvalue weighted by Gasteiger charge is 2.49. The zero-order valence-electron chi connectivity index (χ0n) is 25.1. The molecule has 2 unspecified atom stereocenters. The third-order valence-electron chi connectivity index (χ3n) is 9.66. The normalized spacial score (nSPS) is 23.8. The molecule has 0 saturated heterocycles. The van der Waals surface area contributed by atoms with Gasteiger partial charge in [-0.1, -0.05) is 76.2 Å². The summed E-state index contributed by atoms with van der Waals surface area (Å²) in [5.41, 5.74) is 9.05. The minimum absolute atomic E-state index is 0.0319. The van der Waals surface area contributed by atoms with Crippen LogP contribution in [0.25, 0.3) is 11.3 Å². The van der Waals surface area contributed by atoms with Gasteiger partial charge in [-0.3, -0.25) is 0 Å². The van der Waals surface area contributed by atoms with Gasteiger partial charge in [-0.15, -0.1) is 0 Å². The Kier molecular flexibility index (Phi) is 6.07. The molecule has 42 heavy (non-hydrogen) atoms. The van der Waals surface area contributed by atoms with Crippen LogP contribution in [0.5, 0.6) is 0 Å². The van der Waals surface area contributed by atoms with Gasteiger partial charge in [0.1, 0.15) is 5.82 Å². The third-order valence-corrected chi connectivity index (χ3v) is 11.0. The summed E-state index contributed by atoms with van der Waals surface area (Å²) in [6, 6.07) is 23.0. The number of rotatable bonds is 1. The Morgan fingerprint density at radius 3 is 2.38 bits per heavy atom. The lowest BCUT2D eigenvalue weighted by Gasteiger charge is -2.42. The van der Waals surface area contributed by atoms with Crippen LogP contribution in [0, 0.1) is 19.8 Å². The molecule has 1 aromatic heterocycles. The molecule has 3 aromatic carbocycles. The molecule has 4 aromatic rings. The van der Waals surface area contributed by atoms with Crippen LogP contribution in [-0.2, 0) is 22.0 Å². The summed E-state index contributed by atoms with van der Waals surface area (Å²) in [7, 11) is -3.90. The molecule has 1 aliphatic carbocycles. The van der Waals surface area contributed by atoms with E-state index < -0.39 is 10.0 Å². The molecule has 1 N–H and O–H groups in total. The van der Waals surface area contributed by atoms with Gasteiger partial charge in [0.15, 0.2) is 0 Å². The second-order valence-corrected chi connectivity index (χ2v) is 15.2. The van der Waals surface area contributed by atoms with Gasteiger partial charge in [-0.05, 0) is 83.0 Å². The van der Waals surface area contributed by atoms with Crippen molar-refractivity contribution in [1.29, 1.82) is 0 Å². The number of anilines is 2. The fraction of sp³-hybridized carbons (Fsp3) is 0.371. The van der Waals surface area contributed by atoms with Crippen molar-refractivity contribution < 1.29 is 8.42 Å². The monoisotopic (exact) mass is 578 g/mol. The Hall–Kier alpha value is -3.71. The highest BCUT2D eigenvalue weighted by molar-refractivity contribution is 7.92. The maximum atomic E-state index is 13.7. The molecule has 216 valence electrons. The zero-order valence-corrected chi connectivity index (χ0v) is 26.0. The lowest BCUT2D eigenvalue weighted by Crippen LogP contribution is -2.42. The van der Waals surface area contributed by atoms with Gasteiger partial charge in [0.2, 0.25) is 5.95 Å². The van der Waals surface area contributed by atoms with Crippen molar-refractivity contribution in [2.45, 2.75) is 82.7 Å². The minimum Gasteiger partial charge on any atom is -0.348 e. The highest BCUT2D eigenvalue weighted by atomic mass is 32.2. The highest BCUT2D eigenvalue weighted by Crippen LogP contribution is 2.55. The minimum atomic E-state index is -3.90. The molecular weight excluding hydrogens is 540 g/mol. The molecule has 7 rings (SSSR count). The zero-order chi connectivity index (χ0) is 29.6. The van der Waals surface area contributed by atoms with E-state index in [9.17, 15) is 8.42 Å². The molecular formula is C35H38N4O2S. The molecule has 2 aliphatic heterocycles. The van der Waals surface area contributed by atoms with E-state index in [1.54, 1.807) is 6.07 Å². The van der Waals surface area contributed by atoms with E-state index in [-0.39, 0.29) is 34.1 Å². The van der Waals surface area contributed by atoms with Gasteiger partial charge >= 0.3 is 0 Å². The van der Waals surface area contributed by atoms with Crippen LogP contribution in [0.1, 0.15) is 79.3 Å². The molecule has 8 bridgehead atoms. The first-order valence-electron chi connectivity index (χ1n) is 14.9. The Morgan fingerprint density at radius 2 is 1.64 bits per heavy atom. The number of hydrogen-bond acceptors (Lipinski definition) is 5. The molecule has 4 atom stereocenters. The van der Waals surface area contributed by atoms with Crippen molar-refractivity contribution in [2.75, 3.05) is 9.62 Å². The lowest BCUT2D eigenvalue weighted by molar-refractivity contribution is 0.474. The first-order valence-corrected chi connectivity index (χ1v) is 16.4. The number of sulfonamides is 1. The fourth-order valence-corrected chi connectivity index (χ4v) is 8.65. The van der Waals surface area contributed by atoms with Crippen LogP contribution in [0.3, 0.4) is 0 Å². The van der Waals surface area contributed by atoms with Crippen molar-refractivity contribution in [2.24, 2.45) is 5.92 Å². The summed E-state index contributed by atoms with van der Waals surface area (Å²) in [6.07, 6.45) is 0.998. The summed E-state index contributed by atoms with van der Waals surface area (Å²) in [5, 5.41) is 0. The van der Waals surface area contributed by atoms with Gasteiger partial charge in [0.25, 0.3) is 10.0 Å². The van der Waals surface area contributed by atoms with E-state index in [4.69, 9.17) is 9.97 Å². The number of hydrogen-bond donors (Lipinski definition) is 1. The molecule has 7 heteroatoms. The summed E-state index contributed by atoms with van der Waals surface area (Å²) in [4.78, 5) is 12.4. The average molecular weight is 579 g/mol. The van der Waals surface area contributed by atoms with Crippen molar-refractivity contribution in [3.05, 3.63) is 100 Å². The van der Waals surface area contributed by atoms with Gasteiger partial charge in [0, 0.05) is 30.1 Å². The number of aromatic nitrogens is 2. The number of nitrogens with one attached hydrogen (secondary N) is 1. The quantitative estimate of drug-likeness (QED) is 0.254. The lowest BCUT2D eigenvalue weighted by atomic mass is 9.74. The van der Waals surface area contributed by atoms with Crippen LogP contribution >= 0.6 is 0 Å². The van der Waals surface area contributed by atoms with Crippen LogP contribution in [0.2, 0.25) is 0 Å². The van der Waals surface area contributed by atoms with Crippen molar-refractivity contribution >= 4 is 21.8 Å². The van der Waals surface area contributed by atoms with Crippen LogP contribution < -0.4 is 9.62 Å². The predicted molar refractivity (Wildman–Crippen MR) is 169 cm³/mol. The second-order valence-electron chi connectivity index (χ2n) is 13.5.